The molecule has 18 heavy (non-hydrogen) atoms. The van der Waals surface area contributed by atoms with Crippen molar-refractivity contribution in [2.24, 2.45) is 0 Å². The fraction of sp³-hybridized carbons (Fsp3) is 0.0833. The van der Waals surface area contributed by atoms with E-state index in [1.165, 1.54) is 11.3 Å². The highest BCUT2D eigenvalue weighted by Crippen LogP contribution is 2.23. The Balaban J connectivity index is 2.61. The number of carbonyl (C=O) groups excluding carboxylic acids is 1. The number of aliphatic carboxylic acids is 1. The number of aryl methyl sites for hydroxylation is 1. The second-order valence-electron chi connectivity index (χ2n) is 3.62. The number of rotatable bonds is 1. The van der Waals surface area contributed by atoms with Crippen molar-refractivity contribution in [2.45, 2.75) is 6.92 Å². The summed E-state index contributed by atoms with van der Waals surface area (Å²) in [7, 11) is 0. The third kappa shape index (κ3) is 2.10. The minimum atomic E-state index is -1.62. The largest absolute Gasteiger partial charge is 0.474 e. The van der Waals surface area contributed by atoms with Crippen LogP contribution in [0.15, 0.2) is 29.1 Å². The van der Waals surface area contributed by atoms with Crippen LogP contribution in [0.3, 0.4) is 0 Å². The van der Waals surface area contributed by atoms with Gasteiger partial charge in [-0.3, -0.25) is 9.59 Å². The van der Waals surface area contributed by atoms with Gasteiger partial charge in [-0.25, -0.2) is 4.79 Å². The van der Waals surface area contributed by atoms with Gasteiger partial charge in [0.15, 0.2) is 0 Å². The lowest BCUT2D eigenvalue weighted by molar-refractivity contribution is -0.147. The first-order valence-electron chi connectivity index (χ1n) is 5.07. The molecule has 2 aromatic rings. The lowest BCUT2D eigenvalue weighted by atomic mass is 10.2. The van der Waals surface area contributed by atoms with Gasteiger partial charge in [0, 0.05) is 15.0 Å². The van der Waals surface area contributed by atoms with E-state index in [0.717, 1.165) is 4.70 Å². The van der Waals surface area contributed by atoms with Crippen LogP contribution >= 0.6 is 11.3 Å². The van der Waals surface area contributed by atoms with Crippen molar-refractivity contribution >= 4 is 39.0 Å². The molecular weight excluding hydrogens is 254 g/mol. The number of carboxylic acids is 1. The molecule has 5 nitrogen and oxygen atoms in total. The van der Waals surface area contributed by atoms with Crippen LogP contribution in [0.25, 0.3) is 10.1 Å². The van der Waals surface area contributed by atoms with Gasteiger partial charge in [0.2, 0.25) is 5.43 Å². The zero-order valence-electron chi connectivity index (χ0n) is 9.39. The number of amides is 1. The standard InChI is InChI=1S/C12H9NO4S/c1-6-9(13-11(15)12(16)17)10(14)7-4-2-3-5-8(7)18-6/h2-5H,1H3,(H,13,15)(H,16,17). The van der Waals surface area contributed by atoms with Crippen molar-refractivity contribution in [1.82, 2.24) is 0 Å². The molecule has 0 spiro atoms. The summed E-state index contributed by atoms with van der Waals surface area (Å²) >= 11 is 1.33. The smallest absolute Gasteiger partial charge is 0.394 e. The predicted octanol–water partition coefficient (Wildman–Crippen LogP) is 1.59. The molecule has 0 atom stereocenters. The summed E-state index contributed by atoms with van der Waals surface area (Å²) in [5.74, 6) is -2.83. The van der Waals surface area contributed by atoms with E-state index in [-0.39, 0.29) is 11.1 Å². The molecule has 92 valence electrons. The molecule has 0 saturated carbocycles. The Morgan fingerprint density at radius 3 is 2.61 bits per heavy atom. The summed E-state index contributed by atoms with van der Waals surface area (Å²) in [5.41, 5.74) is -0.331. The summed E-state index contributed by atoms with van der Waals surface area (Å²) < 4.78 is 0.799. The number of hydrogen-bond acceptors (Lipinski definition) is 4. The van der Waals surface area contributed by atoms with Crippen LogP contribution in [0.1, 0.15) is 4.88 Å². The molecule has 0 bridgehead atoms. The summed E-state index contributed by atoms with van der Waals surface area (Å²) in [6.45, 7) is 1.66. The van der Waals surface area contributed by atoms with Crippen molar-refractivity contribution in [2.75, 3.05) is 5.32 Å². The minimum absolute atomic E-state index is 0.0334. The van der Waals surface area contributed by atoms with E-state index < -0.39 is 11.9 Å². The van der Waals surface area contributed by atoms with Crippen LogP contribution in [0.2, 0.25) is 0 Å². The van der Waals surface area contributed by atoms with Crippen molar-refractivity contribution in [3.05, 3.63) is 39.4 Å². The second kappa shape index (κ2) is 4.58. The fourth-order valence-corrected chi connectivity index (χ4v) is 2.56. The molecule has 0 radical (unpaired) electrons. The Kier molecular flexibility index (Phi) is 3.12. The minimum Gasteiger partial charge on any atom is -0.474 e. The lowest BCUT2D eigenvalue weighted by Gasteiger charge is -2.06. The van der Waals surface area contributed by atoms with Gasteiger partial charge in [0.25, 0.3) is 0 Å². The molecule has 1 amide bonds. The Hall–Kier alpha value is -2.21. The van der Waals surface area contributed by atoms with Gasteiger partial charge in [-0.15, -0.1) is 11.3 Å². The molecule has 0 aliphatic rings. The lowest BCUT2D eigenvalue weighted by Crippen LogP contribution is -2.25. The van der Waals surface area contributed by atoms with E-state index in [9.17, 15) is 14.4 Å². The van der Waals surface area contributed by atoms with E-state index >= 15 is 0 Å². The predicted molar refractivity (Wildman–Crippen MR) is 69.1 cm³/mol. The Morgan fingerprint density at radius 1 is 1.28 bits per heavy atom. The molecule has 0 saturated heterocycles. The quantitative estimate of drug-likeness (QED) is 0.765. The summed E-state index contributed by atoms with van der Waals surface area (Å²) in [5, 5.41) is 11.1. The molecule has 0 unspecified atom stereocenters. The first-order chi connectivity index (χ1) is 8.50. The van der Waals surface area contributed by atoms with Gasteiger partial charge >= 0.3 is 11.9 Å². The van der Waals surface area contributed by atoms with Gasteiger partial charge in [0.05, 0.1) is 0 Å². The highest BCUT2D eigenvalue weighted by atomic mass is 32.1. The topological polar surface area (TPSA) is 83.5 Å². The van der Waals surface area contributed by atoms with Gasteiger partial charge in [0.1, 0.15) is 5.69 Å². The first kappa shape index (κ1) is 12.3. The molecule has 1 aromatic heterocycles. The number of fused-ring (bicyclic) bond motifs is 1. The normalized spacial score (nSPS) is 10.3. The molecular formula is C12H9NO4S. The van der Waals surface area contributed by atoms with E-state index in [2.05, 4.69) is 5.32 Å². The molecule has 0 aliphatic heterocycles. The molecule has 1 heterocycles. The zero-order chi connectivity index (χ0) is 13.3. The van der Waals surface area contributed by atoms with Crippen molar-refractivity contribution in [3.8, 4) is 0 Å². The maximum atomic E-state index is 12.1. The van der Waals surface area contributed by atoms with Crippen molar-refractivity contribution in [3.63, 3.8) is 0 Å². The van der Waals surface area contributed by atoms with Crippen LogP contribution < -0.4 is 10.7 Å². The number of nitrogens with one attached hydrogen (secondary N) is 1. The highest BCUT2D eigenvalue weighted by molar-refractivity contribution is 7.18. The van der Waals surface area contributed by atoms with Crippen molar-refractivity contribution in [1.29, 1.82) is 0 Å². The summed E-state index contributed by atoms with van der Waals surface area (Å²) in [6, 6.07) is 6.98. The van der Waals surface area contributed by atoms with E-state index in [1.54, 1.807) is 25.1 Å². The molecule has 2 rings (SSSR count). The maximum Gasteiger partial charge on any atom is 0.394 e. The zero-order valence-corrected chi connectivity index (χ0v) is 10.2. The monoisotopic (exact) mass is 263 g/mol. The average Bonchev–Trinajstić information content (AvgIpc) is 2.34. The van der Waals surface area contributed by atoms with Gasteiger partial charge in [-0.1, -0.05) is 12.1 Å². The van der Waals surface area contributed by atoms with Crippen LogP contribution in [0.5, 0.6) is 0 Å². The maximum absolute atomic E-state index is 12.1. The third-order valence-corrected chi connectivity index (χ3v) is 3.49. The van der Waals surface area contributed by atoms with Crippen LogP contribution in [0, 0.1) is 6.92 Å². The molecule has 1 aromatic carbocycles. The van der Waals surface area contributed by atoms with Crippen LogP contribution in [0.4, 0.5) is 5.69 Å². The van der Waals surface area contributed by atoms with Crippen LogP contribution in [-0.2, 0) is 9.59 Å². The van der Waals surface area contributed by atoms with Gasteiger partial charge < -0.3 is 10.4 Å². The Labute approximate surface area is 106 Å². The summed E-state index contributed by atoms with van der Waals surface area (Å²) in [4.78, 5) is 34.3. The van der Waals surface area contributed by atoms with Crippen LogP contribution in [-0.4, -0.2) is 17.0 Å². The first-order valence-corrected chi connectivity index (χ1v) is 5.89. The van der Waals surface area contributed by atoms with Gasteiger partial charge in [-0.2, -0.15) is 0 Å². The number of carboxylic acid groups (broad SMARTS) is 1. The second-order valence-corrected chi connectivity index (χ2v) is 4.87. The average molecular weight is 263 g/mol. The number of anilines is 1. The highest BCUT2D eigenvalue weighted by Gasteiger charge is 2.16. The Morgan fingerprint density at radius 2 is 1.94 bits per heavy atom. The van der Waals surface area contributed by atoms with E-state index in [4.69, 9.17) is 5.11 Å². The molecule has 0 aliphatic carbocycles. The van der Waals surface area contributed by atoms with E-state index in [1.807, 2.05) is 6.07 Å². The van der Waals surface area contributed by atoms with Gasteiger partial charge in [-0.05, 0) is 19.1 Å². The van der Waals surface area contributed by atoms with Crippen molar-refractivity contribution < 1.29 is 14.7 Å². The van der Waals surface area contributed by atoms with E-state index in [0.29, 0.717) is 10.3 Å². The number of carbonyl (C=O) groups is 2. The fourth-order valence-electron chi connectivity index (χ4n) is 1.57. The molecule has 6 heteroatoms. The number of benzene rings is 1. The summed E-state index contributed by atoms with van der Waals surface area (Å²) in [6.07, 6.45) is 0. The molecule has 2 N–H and O–H groups in total. The third-order valence-electron chi connectivity index (χ3n) is 2.41. The molecule has 0 fully saturated rings. The Bertz CT molecular complexity index is 705. The number of hydrogen-bond donors (Lipinski definition) is 2. The SMILES string of the molecule is Cc1sc2ccccc2c(=O)c1NC(=O)C(=O)O.